The van der Waals surface area contributed by atoms with Crippen LogP contribution in [0.1, 0.15) is 40.4 Å². The molecule has 0 saturated carbocycles. The lowest BCUT2D eigenvalue weighted by molar-refractivity contribution is -0.192. The number of anilines is 1. The van der Waals surface area contributed by atoms with Crippen LogP contribution in [0.25, 0.3) is 21.9 Å². The molecule has 37 heavy (non-hydrogen) atoms. The lowest BCUT2D eigenvalue weighted by Gasteiger charge is -2.21. The van der Waals surface area contributed by atoms with Gasteiger partial charge in [0, 0.05) is 12.0 Å². The van der Waals surface area contributed by atoms with E-state index in [4.69, 9.17) is 25.4 Å². The molecule has 204 valence electrons. The fraction of sp³-hybridized carbons (Fsp3) is 0.500. The predicted octanol–water partition coefficient (Wildman–Crippen LogP) is 3.45. The van der Waals surface area contributed by atoms with Crippen molar-refractivity contribution in [2.24, 2.45) is 11.7 Å². The average Bonchev–Trinajstić information content (AvgIpc) is 3.14. The number of nitrogens with two attached hydrogens (primary N) is 1. The summed E-state index contributed by atoms with van der Waals surface area (Å²) in [5.74, 6) is -2.06. The summed E-state index contributed by atoms with van der Waals surface area (Å²) in [6.07, 6.45) is -5.08. The first-order valence-electron chi connectivity index (χ1n) is 11.5. The number of aliphatic hydroxyl groups is 1. The van der Waals surface area contributed by atoms with Crippen LogP contribution in [0.4, 0.5) is 19.0 Å². The minimum atomic E-state index is -5.08. The first-order valence-corrected chi connectivity index (χ1v) is 11.5. The summed E-state index contributed by atoms with van der Waals surface area (Å²) in [4.78, 5) is 30.9. The Hall–Kier alpha value is -3.29. The first-order chi connectivity index (χ1) is 17.1. The number of nitrogens with zero attached hydrogens (tertiary/aromatic N) is 3. The number of carbonyl (C=O) groups excluding carboxylic acids is 1. The third-order valence-electron chi connectivity index (χ3n) is 5.15. The molecule has 0 aliphatic rings. The fourth-order valence-electron chi connectivity index (χ4n) is 3.33. The molecule has 13 heteroatoms. The van der Waals surface area contributed by atoms with Gasteiger partial charge in [-0.1, -0.05) is 32.0 Å². The van der Waals surface area contributed by atoms with Gasteiger partial charge in [-0.15, -0.1) is 0 Å². The minimum Gasteiger partial charge on any atom is -0.475 e. The molecule has 0 saturated heterocycles. The van der Waals surface area contributed by atoms with Gasteiger partial charge < -0.3 is 30.6 Å². The molecule has 1 amide bonds. The highest BCUT2D eigenvalue weighted by molar-refractivity contribution is 6.10. The largest absolute Gasteiger partial charge is 0.490 e. The molecule has 0 unspecified atom stereocenters. The SMILES string of the molecule is CCOCc1nc2c(NC(=O)[C@@H](N)C(C)C)nc3ccccc3c2n1CC(C)(C)O.O=C(O)C(F)(F)F. The van der Waals surface area contributed by atoms with Crippen molar-refractivity contribution in [1.29, 1.82) is 0 Å². The number of benzene rings is 1. The molecule has 2 heterocycles. The van der Waals surface area contributed by atoms with Crippen LogP contribution in [0.15, 0.2) is 24.3 Å². The second-order valence-electron chi connectivity index (χ2n) is 9.30. The van der Waals surface area contributed by atoms with Gasteiger partial charge in [-0.05, 0) is 32.8 Å². The lowest BCUT2D eigenvalue weighted by Crippen LogP contribution is -2.40. The summed E-state index contributed by atoms with van der Waals surface area (Å²) in [5, 5.41) is 21.4. The Bertz CT molecular complexity index is 1250. The van der Waals surface area contributed by atoms with Crippen LogP contribution < -0.4 is 11.1 Å². The number of halogens is 3. The number of pyridine rings is 1. The molecular formula is C24H32F3N5O5. The van der Waals surface area contributed by atoms with Crippen molar-refractivity contribution in [3.63, 3.8) is 0 Å². The second-order valence-corrected chi connectivity index (χ2v) is 9.30. The van der Waals surface area contributed by atoms with Crippen LogP contribution in [0, 0.1) is 5.92 Å². The zero-order chi connectivity index (χ0) is 28.1. The van der Waals surface area contributed by atoms with E-state index in [1.54, 1.807) is 13.8 Å². The lowest BCUT2D eigenvalue weighted by atomic mass is 10.1. The van der Waals surface area contributed by atoms with E-state index in [1.165, 1.54) is 0 Å². The summed E-state index contributed by atoms with van der Waals surface area (Å²) < 4.78 is 39.3. The highest BCUT2D eigenvalue weighted by Gasteiger charge is 2.38. The maximum Gasteiger partial charge on any atom is 0.490 e. The third kappa shape index (κ3) is 7.84. The number of carbonyl (C=O) groups is 2. The van der Waals surface area contributed by atoms with Crippen LogP contribution >= 0.6 is 0 Å². The number of hydrogen-bond donors (Lipinski definition) is 4. The van der Waals surface area contributed by atoms with E-state index < -0.39 is 23.8 Å². The molecule has 1 aromatic carbocycles. The highest BCUT2D eigenvalue weighted by atomic mass is 19.4. The average molecular weight is 528 g/mol. The molecule has 3 aromatic rings. The van der Waals surface area contributed by atoms with Crippen LogP contribution in [0.2, 0.25) is 0 Å². The van der Waals surface area contributed by atoms with Gasteiger partial charge in [0.05, 0.1) is 29.2 Å². The number of carboxylic acids is 1. The number of amides is 1. The maximum atomic E-state index is 12.7. The van der Waals surface area contributed by atoms with Gasteiger partial charge in [-0.3, -0.25) is 4.79 Å². The smallest absolute Gasteiger partial charge is 0.475 e. The zero-order valence-electron chi connectivity index (χ0n) is 21.3. The third-order valence-corrected chi connectivity index (χ3v) is 5.15. The standard InChI is InChI=1S/C22H31N5O3.C2HF3O2/c1-6-30-11-16-25-18-19(27(16)12-22(4,5)29)14-9-7-8-10-15(14)24-20(18)26-21(28)17(23)13(2)3;3-2(4,5)1(6)7/h7-10,13,17,29H,6,11-12,23H2,1-5H3,(H,24,26,28);(H,6,7)/t17-;/m0./s1. The molecule has 0 fully saturated rings. The Balaban J connectivity index is 0.000000604. The van der Waals surface area contributed by atoms with Crippen LogP contribution in [-0.4, -0.2) is 61.1 Å². The Labute approximate surface area is 211 Å². The monoisotopic (exact) mass is 527 g/mol. The molecule has 5 N–H and O–H groups in total. The molecule has 2 aromatic heterocycles. The summed E-state index contributed by atoms with van der Waals surface area (Å²) in [7, 11) is 0. The summed E-state index contributed by atoms with van der Waals surface area (Å²) in [6.45, 7) is 10.3. The van der Waals surface area contributed by atoms with Crippen molar-refractivity contribution < 1.29 is 37.7 Å². The zero-order valence-corrected chi connectivity index (χ0v) is 21.3. The number of nitrogens with one attached hydrogen (secondary N) is 1. The van der Waals surface area contributed by atoms with E-state index in [0.29, 0.717) is 30.3 Å². The van der Waals surface area contributed by atoms with Gasteiger partial charge in [0.15, 0.2) is 5.82 Å². The predicted molar refractivity (Wildman–Crippen MR) is 132 cm³/mol. The van der Waals surface area contributed by atoms with Gasteiger partial charge in [0.2, 0.25) is 5.91 Å². The van der Waals surface area contributed by atoms with Crippen molar-refractivity contribution in [2.75, 3.05) is 11.9 Å². The van der Waals surface area contributed by atoms with Crippen LogP contribution in [0.5, 0.6) is 0 Å². The van der Waals surface area contributed by atoms with Crippen LogP contribution in [-0.2, 0) is 27.5 Å². The Morgan fingerprint density at radius 1 is 1.19 bits per heavy atom. The number of para-hydroxylation sites is 1. The fourth-order valence-corrected chi connectivity index (χ4v) is 3.33. The number of aliphatic carboxylic acids is 1. The Kier molecular flexibility index (Phi) is 9.58. The van der Waals surface area contributed by atoms with Crippen molar-refractivity contribution >= 4 is 39.6 Å². The topological polar surface area (TPSA) is 153 Å². The van der Waals surface area contributed by atoms with Gasteiger partial charge >= 0.3 is 12.1 Å². The molecule has 10 nitrogen and oxygen atoms in total. The van der Waals surface area contributed by atoms with Gasteiger partial charge in [0.25, 0.3) is 0 Å². The first kappa shape index (κ1) is 29.9. The van der Waals surface area contributed by atoms with Crippen molar-refractivity contribution in [3.8, 4) is 0 Å². The van der Waals surface area contributed by atoms with Crippen LogP contribution in [0.3, 0.4) is 0 Å². The quantitative estimate of drug-likeness (QED) is 0.348. The highest BCUT2D eigenvalue weighted by Crippen LogP contribution is 2.31. The normalized spacial score (nSPS) is 12.9. The minimum absolute atomic E-state index is 0.0118. The van der Waals surface area contributed by atoms with E-state index in [9.17, 15) is 23.1 Å². The van der Waals surface area contributed by atoms with E-state index in [1.807, 2.05) is 49.6 Å². The van der Waals surface area contributed by atoms with E-state index in [-0.39, 0.29) is 18.4 Å². The summed E-state index contributed by atoms with van der Waals surface area (Å²) in [5.41, 5.74) is 7.13. The number of rotatable bonds is 8. The van der Waals surface area contributed by atoms with E-state index in [2.05, 4.69) is 10.3 Å². The molecule has 3 rings (SSSR count). The molecular weight excluding hydrogens is 495 g/mol. The molecule has 0 radical (unpaired) electrons. The summed E-state index contributed by atoms with van der Waals surface area (Å²) in [6, 6.07) is 7.01. The van der Waals surface area contributed by atoms with Gasteiger partial charge in [-0.25, -0.2) is 14.8 Å². The number of ether oxygens (including phenoxy) is 1. The second kappa shape index (κ2) is 11.8. The molecule has 0 spiro atoms. The van der Waals surface area contributed by atoms with E-state index >= 15 is 0 Å². The molecule has 0 aliphatic carbocycles. The Morgan fingerprint density at radius 2 is 1.78 bits per heavy atom. The molecule has 0 aliphatic heterocycles. The number of fused-ring (bicyclic) bond motifs is 3. The number of imidazole rings is 1. The van der Waals surface area contributed by atoms with Crippen molar-refractivity contribution in [2.45, 2.75) is 65.6 Å². The maximum absolute atomic E-state index is 12.7. The Morgan fingerprint density at radius 3 is 2.30 bits per heavy atom. The van der Waals surface area contributed by atoms with Gasteiger partial charge in [-0.2, -0.15) is 13.2 Å². The van der Waals surface area contributed by atoms with Gasteiger partial charge in [0.1, 0.15) is 17.9 Å². The molecule has 1 atom stereocenters. The summed E-state index contributed by atoms with van der Waals surface area (Å²) >= 11 is 0. The van der Waals surface area contributed by atoms with Crippen molar-refractivity contribution in [3.05, 3.63) is 30.1 Å². The van der Waals surface area contributed by atoms with Crippen molar-refractivity contribution in [1.82, 2.24) is 14.5 Å². The number of hydrogen-bond acceptors (Lipinski definition) is 7. The number of aromatic nitrogens is 3. The van der Waals surface area contributed by atoms with E-state index in [0.717, 1.165) is 16.4 Å². The number of alkyl halides is 3. The molecule has 0 bridgehead atoms. The number of carboxylic acid groups (broad SMARTS) is 1.